The van der Waals surface area contributed by atoms with Crippen LogP contribution in [-0.4, -0.2) is 66.4 Å². The number of urea groups is 1. The Morgan fingerprint density at radius 1 is 1.00 bits per heavy atom. The highest BCUT2D eigenvalue weighted by Crippen LogP contribution is 2.31. The minimum Gasteiger partial charge on any atom is -0.445 e. The zero-order valence-electron chi connectivity index (χ0n) is 22.2. The van der Waals surface area contributed by atoms with E-state index < -0.39 is 0 Å². The molecular formula is C29H34N6O4. The van der Waals surface area contributed by atoms with Crippen molar-refractivity contribution < 1.29 is 19.1 Å². The van der Waals surface area contributed by atoms with Gasteiger partial charge in [-0.25, -0.2) is 19.6 Å². The standard InChI is InChI=1S/C29H34N6O4/c1-2-30-28(36)31-23-11-9-22(10-12-23)26-32-25-19-35(29(37)39-20-21-7-4-3-5-8-21)15-13-24(25)27(33-26)34-14-6-17-38-18-16-34/h3-5,7-12H,2,6,13-20H2,1H3,(H2,30,31,36). The van der Waals surface area contributed by atoms with Crippen LogP contribution < -0.4 is 15.5 Å². The normalized spacial score (nSPS) is 15.2. The molecule has 1 aromatic heterocycles. The molecule has 0 spiro atoms. The molecule has 2 N–H and O–H groups in total. The summed E-state index contributed by atoms with van der Waals surface area (Å²) in [5.41, 5.74) is 4.36. The molecule has 0 atom stereocenters. The summed E-state index contributed by atoms with van der Waals surface area (Å²) in [4.78, 5) is 38.7. The lowest BCUT2D eigenvalue weighted by Crippen LogP contribution is -2.38. The zero-order chi connectivity index (χ0) is 27.0. The van der Waals surface area contributed by atoms with Crippen LogP contribution in [0.3, 0.4) is 0 Å². The average molecular weight is 531 g/mol. The number of benzene rings is 2. The number of ether oxygens (including phenoxy) is 2. The summed E-state index contributed by atoms with van der Waals surface area (Å²) in [6, 6.07) is 16.9. The minimum atomic E-state index is -0.352. The minimum absolute atomic E-state index is 0.230. The van der Waals surface area contributed by atoms with E-state index in [0.717, 1.165) is 54.3 Å². The van der Waals surface area contributed by atoms with Gasteiger partial charge in [-0.1, -0.05) is 30.3 Å². The van der Waals surface area contributed by atoms with Gasteiger partial charge in [-0.3, -0.25) is 0 Å². The van der Waals surface area contributed by atoms with Crippen LogP contribution >= 0.6 is 0 Å². The monoisotopic (exact) mass is 530 g/mol. The van der Waals surface area contributed by atoms with Crippen LogP contribution in [0.4, 0.5) is 21.1 Å². The van der Waals surface area contributed by atoms with E-state index in [1.54, 1.807) is 4.90 Å². The van der Waals surface area contributed by atoms with E-state index in [1.807, 2.05) is 61.5 Å². The molecule has 0 aliphatic carbocycles. The lowest BCUT2D eigenvalue weighted by atomic mass is 10.0. The lowest BCUT2D eigenvalue weighted by Gasteiger charge is -2.31. The number of carbonyl (C=O) groups is 2. The van der Waals surface area contributed by atoms with Gasteiger partial charge in [0.2, 0.25) is 0 Å². The molecule has 1 fully saturated rings. The smallest absolute Gasteiger partial charge is 0.410 e. The van der Waals surface area contributed by atoms with Gasteiger partial charge < -0.3 is 29.9 Å². The number of rotatable bonds is 6. The highest BCUT2D eigenvalue weighted by Gasteiger charge is 2.28. The van der Waals surface area contributed by atoms with Crippen molar-refractivity contribution in [3.8, 4) is 11.4 Å². The van der Waals surface area contributed by atoms with Crippen molar-refractivity contribution in [2.24, 2.45) is 0 Å². The zero-order valence-corrected chi connectivity index (χ0v) is 22.2. The van der Waals surface area contributed by atoms with Gasteiger partial charge in [-0.2, -0.15) is 0 Å². The number of anilines is 2. The van der Waals surface area contributed by atoms with Gasteiger partial charge in [0, 0.05) is 49.6 Å². The number of hydrogen-bond acceptors (Lipinski definition) is 7. The van der Waals surface area contributed by atoms with Crippen molar-refractivity contribution in [1.29, 1.82) is 0 Å². The summed E-state index contributed by atoms with van der Waals surface area (Å²) in [5.74, 6) is 1.49. The summed E-state index contributed by atoms with van der Waals surface area (Å²) >= 11 is 0. The molecule has 0 radical (unpaired) electrons. The summed E-state index contributed by atoms with van der Waals surface area (Å²) in [7, 11) is 0. The molecule has 10 nitrogen and oxygen atoms in total. The van der Waals surface area contributed by atoms with Crippen LogP contribution in [0.5, 0.6) is 0 Å². The molecule has 3 aromatic rings. The van der Waals surface area contributed by atoms with Gasteiger partial charge in [-0.15, -0.1) is 0 Å². The molecule has 204 valence electrons. The summed E-state index contributed by atoms with van der Waals surface area (Å²) in [5, 5.41) is 5.53. The second-order valence-electron chi connectivity index (χ2n) is 9.52. The molecule has 10 heteroatoms. The Labute approximate surface area is 228 Å². The second kappa shape index (κ2) is 12.6. The average Bonchev–Trinajstić information content (AvgIpc) is 3.26. The molecule has 39 heavy (non-hydrogen) atoms. The second-order valence-corrected chi connectivity index (χ2v) is 9.52. The maximum atomic E-state index is 12.9. The van der Waals surface area contributed by atoms with Crippen LogP contribution in [0, 0.1) is 0 Å². The molecule has 2 aromatic carbocycles. The van der Waals surface area contributed by atoms with Gasteiger partial charge in [0.05, 0.1) is 18.8 Å². The molecule has 3 amide bonds. The number of hydrogen-bond donors (Lipinski definition) is 2. The molecule has 1 saturated heterocycles. The van der Waals surface area contributed by atoms with Crippen LogP contribution in [0.15, 0.2) is 54.6 Å². The Bertz CT molecular complexity index is 1280. The van der Waals surface area contributed by atoms with E-state index in [1.165, 1.54) is 0 Å². The first-order valence-corrected chi connectivity index (χ1v) is 13.4. The van der Waals surface area contributed by atoms with E-state index in [9.17, 15) is 9.59 Å². The molecule has 0 saturated carbocycles. The van der Waals surface area contributed by atoms with Crippen molar-refractivity contribution in [3.63, 3.8) is 0 Å². The third-order valence-electron chi connectivity index (χ3n) is 6.77. The number of fused-ring (bicyclic) bond motifs is 1. The van der Waals surface area contributed by atoms with E-state index >= 15 is 0 Å². The topological polar surface area (TPSA) is 109 Å². The Hall–Kier alpha value is -4.18. The summed E-state index contributed by atoms with van der Waals surface area (Å²) in [6.07, 6.45) is 1.22. The van der Waals surface area contributed by atoms with Crippen LogP contribution in [0.25, 0.3) is 11.4 Å². The Balaban J connectivity index is 1.39. The van der Waals surface area contributed by atoms with E-state index in [4.69, 9.17) is 19.4 Å². The maximum absolute atomic E-state index is 12.9. The van der Waals surface area contributed by atoms with E-state index in [2.05, 4.69) is 15.5 Å². The molecule has 3 heterocycles. The number of nitrogens with zero attached hydrogens (tertiary/aromatic N) is 4. The number of nitrogens with one attached hydrogen (secondary N) is 2. The molecular weight excluding hydrogens is 496 g/mol. The quantitative estimate of drug-likeness (QED) is 0.492. The first-order chi connectivity index (χ1) is 19.1. The fraction of sp³-hybridized carbons (Fsp3) is 0.379. The van der Waals surface area contributed by atoms with Crippen molar-refractivity contribution in [2.45, 2.75) is 32.9 Å². The van der Waals surface area contributed by atoms with Gasteiger partial charge >= 0.3 is 12.1 Å². The third-order valence-corrected chi connectivity index (χ3v) is 6.77. The number of amides is 3. The highest BCUT2D eigenvalue weighted by molar-refractivity contribution is 5.89. The maximum Gasteiger partial charge on any atom is 0.410 e. The van der Waals surface area contributed by atoms with Crippen molar-refractivity contribution in [3.05, 3.63) is 71.4 Å². The Morgan fingerprint density at radius 2 is 1.82 bits per heavy atom. The highest BCUT2D eigenvalue weighted by atomic mass is 16.6. The van der Waals surface area contributed by atoms with Gasteiger partial charge in [0.1, 0.15) is 12.4 Å². The van der Waals surface area contributed by atoms with Crippen molar-refractivity contribution in [2.75, 3.05) is 49.6 Å². The molecule has 2 aliphatic heterocycles. The largest absolute Gasteiger partial charge is 0.445 e. The predicted octanol–water partition coefficient (Wildman–Crippen LogP) is 4.21. The number of aromatic nitrogens is 2. The third kappa shape index (κ3) is 6.64. The Morgan fingerprint density at radius 3 is 2.62 bits per heavy atom. The fourth-order valence-electron chi connectivity index (χ4n) is 4.76. The van der Waals surface area contributed by atoms with Crippen molar-refractivity contribution >= 4 is 23.6 Å². The summed E-state index contributed by atoms with van der Waals surface area (Å²) < 4.78 is 11.3. The van der Waals surface area contributed by atoms with E-state index in [0.29, 0.717) is 44.2 Å². The van der Waals surface area contributed by atoms with Crippen LogP contribution in [0.1, 0.15) is 30.2 Å². The van der Waals surface area contributed by atoms with Gasteiger partial charge in [0.15, 0.2) is 5.82 Å². The van der Waals surface area contributed by atoms with Crippen LogP contribution in [-0.2, 0) is 29.0 Å². The fourth-order valence-corrected chi connectivity index (χ4v) is 4.76. The molecule has 0 bridgehead atoms. The predicted molar refractivity (Wildman–Crippen MR) is 149 cm³/mol. The molecule has 2 aliphatic rings. The first kappa shape index (κ1) is 26.4. The summed E-state index contributed by atoms with van der Waals surface area (Å²) in [6.45, 7) is 6.52. The Kier molecular flexibility index (Phi) is 8.52. The molecule has 0 unspecified atom stereocenters. The first-order valence-electron chi connectivity index (χ1n) is 13.4. The lowest BCUT2D eigenvalue weighted by molar-refractivity contribution is 0.0912. The van der Waals surface area contributed by atoms with Crippen LogP contribution in [0.2, 0.25) is 0 Å². The van der Waals surface area contributed by atoms with Crippen molar-refractivity contribution in [1.82, 2.24) is 20.2 Å². The SMILES string of the molecule is CCNC(=O)Nc1ccc(-c2nc3c(c(N4CCCOCC4)n2)CCN(C(=O)OCc2ccccc2)C3)cc1. The number of carbonyl (C=O) groups excluding carboxylic acids is 2. The van der Waals surface area contributed by atoms with E-state index in [-0.39, 0.29) is 18.7 Å². The van der Waals surface area contributed by atoms with Gasteiger partial charge in [0.25, 0.3) is 0 Å². The molecule has 5 rings (SSSR count). The van der Waals surface area contributed by atoms with Gasteiger partial charge in [-0.05, 0) is 49.6 Å².